The van der Waals surface area contributed by atoms with Gasteiger partial charge in [-0.05, 0) is 17.7 Å². The number of halogens is 4. The first kappa shape index (κ1) is 12.6. The standard InChI is InChI=1S/C10H10ClF3N2O/c11-5-8-15-9(17-16-8)6-1-3-7(4-2-6)10(12,13)14/h1-4,8-9,15-16H,5H2. The normalized spacial score (nSPS) is 25.2. The molecule has 3 nitrogen and oxygen atoms in total. The SMILES string of the molecule is FC(F)(F)c1ccc(C2NC(CCl)NO2)cc1. The van der Waals surface area contributed by atoms with Crippen LogP contribution >= 0.6 is 11.6 Å². The van der Waals surface area contributed by atoms with Gasteiger partial charge < -0.3 is 0 Å². The van der Waals surface area contributed by atoms with E-state index in [1.807, 2.05) is 0 Å². The van der Waals surface area contributed by atoms with Crippen molar-refractivity contribution < 1.29 is 18.0 Å². The third kappa shape index (κ3) is 2.90. The van der Waals surface area contributed by atoms with Gasteiger partial charge in [0.1, 0.15) is 0 Å². The van der Waals surface area contributed by atoms with Gasteiger partial charge in [0.25, 0.3) is 0 Å². The summed E-state index contributed by atoms with van der Waals surface area (Å²) in [7, 11) is 0. The van der Waals surface area contributed by atoms with Crippen molar-refractivity contribution in [2.24, 2.45) is 0 Å². The lowest BCUT2D eigenvalue weighted by Gasteiger charge is -2.11. The molecule has 0 radical (unpaired) electrons. The van der Waals surface area contributed by atoms with Crippen LogP contribution in [0.3, 0.4) is 0 Å². The molecule has 1 saturated heterocycles. The van der Waals surface area contributed by atoms with E-state index in [0.29, 0.717) is 11.4 Å². The van der Waals surface area contributed by atoms with Crippen LogP contribution in [0.4, 0.5) is 13.2 Å². The lowest BCUT2D eigenvalue weighted by Crippen LogP contribution is -2.32. The third-order valence-corrected chi connectivity index (χ3v) is 2.68. The van der Waals surface area contributed by atoms with Crippen molar-refractivity contribution >= 4 is 11.6 Å². The van der Waals surface area contributed by atoms with Crippen LogP contribution in [0.25, 0.3) is 0 Å². The average Bonchev–Trinajstić information content (AvgIpc) is 2.76. The molecule has 0 saturated carbocycles. The number of nitrogens with one attached hydrogen (secondary N) is 2. The van der Waals surface area contributed by atoms with Gasteiger partial charge in [-0.1, -0.05) is 12.1 Å². The van der Waals surface area contributed by atoms with Crippen molar-refractivity contribution in [3.63, 3.8) is 0 Å². The summed E-state index contributed by atoms with van der Waals surface area (Å²) in [5.74, 6) is 0.303. The number of hydrogen-bond acceptors (Lipinski definition) is 3. The molecule has 0 bridgehead atoms. The van der Waals surface area contributed by atoms with Crippen LogP contribution in [0, 0.1) is 0 Å². The maximum absolute atomic E-state index is 12.3. The van der Waals surface area contributed by atoms with Crippen molar-refractivity contribution in [1.82, 2.24) is 10.8 Å². The molecule has 2 atom stereocenters. The minimum atomic E-state index is -4.32. The summed E-state index contributed by atoms with van der Waals surface area (Å²) in [5, 5.41) is 2.97. The monoisotopic (exact) mass is 266 g/mol. The number of rotatable bonds is 2. The van der Waals surface area contributed by atoms with Gasteiger partial charge in [-0.3, -0.25) is 10.2 Å². The minimum absolute atomic E-state index is 0.205. The van der Waals surface area contributed by atoms with E-state index in [-0.39, 0.29) is 6.17 Å². The minimum Gasteiger partial charge on any atom is -0.276 e. The summed E-state index contributed by atoms with van der Waals surface area (Å²) >= 11 is 5.59. The lowest BCUT2D eigenvalue weighted by atomic mass is 10.1. The number of hydroxylamine groups is 1. The van der Waals surface area contributed by atoms with Gasteiger partial charge >= 0.3 is 6.18 Å². The van der Waals surface area contributed by atoms with E-state index in [1.165, 1.54) is 12.1 Å². The predicted molar refractivity (Wildman–Crippen MR) is 56.0 cm³/mol. The fraction of sp³-hybridized carbons (Fsp3) is 0.400. The van der Waals surface area contributed by atoms with Crippen LogP contribution in [0.5, 0.6) is 0 Å². The molecule has 1 heterocycles. The van der Waals surface area contributed by atoms with E-state index >= 15 is 0 Å². The summed E-state index contributed by atoms with van der Waals surface area (Å²) in [6, 6.07) is 4.79. The third-order valence-electron chi connectivity index (χ3n) is 2.38. The van der Waals surface area contributed by atoms with E-state index < -0.39 is 18.0 Å². The molecule has 1 aromatic carbocycles. The number of benzene rings is 1. The van der Waals surface area contributed by atoms with E-state index in [1.54, 1.807) is 0 Å². The number of hydrogen-bond donors (Lipinski definition) is 2. The van der Waals surface area contributed by atoms with Crippen LogP contribution in [0.2, 0.25) is 0 Å². The molecule has 2 N–H and O–H groups in total. The topological polar surface area (TPSA) is 33.3 Å². The summed E-state index contributed by atoms with van der Waals surface area (Å²) in [5.41, 5.74) is 2.56. The van der Waals surface area contributed by atoms with Crippen LogP contribution in [-0.4, -0.2) is 12.0 Å². The molecule has 2 rings (SSSR count). The van der Waals surface area contributed by atoms with Gasteiger partial charge in [0.05, 0.1) is 17.6 Å². The zero-order valence-corrected chi connectivity index (χ0v) is 9.35. The maximum Gasteiger partial charge on any atom is 0.416 e. The van der Waals surface area contributed by atoms with Crippen LogP contribution in [-0.2, 0) is 11.0 Å². The largest absolute Gasteiger partial charge is 0.416 e. The van der Waals surface area contributed by atoms with Crippen molar-refractivity contribution in [2.75, 3.05) is 5.88 Å². The van der Waals surface area contributed by atoms with E-state index in [0.717, 1.165) is 12.1 Å². The first-order chi connectivity index (χ1) is 8.00. The highest BCUT2D eigenvalue weighted by molar-refractivity contribution is 6.18. The maximum atomic E-state index is 12.3. The molecule has 0 aliphatic carbocycles. The molecular formula is C10H10ClF3N2O. The zero-order chi connectivity index (χ0) is 12.5. The Morgan fingerprint density at radius 3 is 2.35 bits per heavy atom. The Hall–Kier alpha value is -0.820. The highest BCUT2D eigenvalue weighted by atomic mass is 35.5. The van der Waals surface area contributed by atoms with E-state index in [2.05, 4.69) is 10.8 Å². The highest BCUT2D eigenvalue weighted by Gasteiger charge is 2.31. The van der Waals surface area contributed by atoms with Crippen LogP contribution in [0.15, 0.2) is 24.3 Å². The Morgan fingerprint density at radius 1 is 1.24 bits per heavy atom. The lowest BCUT2D eigenvalue weighted by molar-refractivity contribution is -0.137. The molecule has 2 unspecified atom stereocenters. The van der Waals surface area contributed by atoms with E-state index in [4.69, 9.17) is 16.4 Å². The molecule has 1 fully saturated rings. The fourth-order valence-electron chi connectivity index (χ4n) is 1.49. The summed E-state index contributed by atoms with van der Waals surface area (Å²) < 4.78 is 37.0. The quantitative estimate of drug-likeness (QED) is 0.807. The summed E-state index contributed by atoms with van der Waals surface area (Å²) in [4.78, 5) is 5.14. The molecule has 0 amide bonds. The molecule has 94 valence electrons. The van der Waals surface area contributed by atoms with Gasteiger partial charge in [0.2, 0.25) is 0 Å². The second-order valence-corrected chi connectivity index (χ2v) is 3.92. The Bertz CT molecular complexity index is 382. The average molecular weight is 267 g/mol. The van der Waals surface area contributed by atoms with Crippen molar-refractivity contribution in [1.29, 1.82) is 0 Å². The smallest absolute Gasteiger partial charge is 0.276 e. The first-order valence-electron chi connectivity index (χ1n) is 4.91. The fourth-order valence-corrected chi connectivity index (χ4v) is 1.64. The summed E-state index contributed by atoms with van der Waals surface area (Å²) in [6.45, 7) is 0. The Balaban J connectivity index is 2.09. The molecule has 0 aromatic heterocycles. The van der Waals surface area contributed by atoms with Gasteiger partial charge in [0.15, 0.2) is 6.23 Å². The van der Waals surface area contributed by atoms with Crippen LogP contribution in [0.1, 0.15) is 17.4 Å². The molecule has 7 heteroatoms. The van der Waals surface area contributed by atoms with Gasteiger partial charge in [0, 0.05) is 0 Å². The predicted octanol–water partition coefficient (Wildman–Crippen LogP) is 2.39. The van der Waals surface area contributed by atoms with Gasteiger partial charge in [-0.15, -0.1) is 11.6 Å². The van der Waals surface area contributed by atoms with Crippen molar-refractivity contribution in [3.05, 3.63) is 35.4 Å². The number of alkyl halides is 4. The zero-order valence-electron chi connectivity index (χ0n) is 8.59. The second kappa shape index (κ2) is 4.81. The van der Waals surface area contributed by atoms with Crippen molar-refractivity contribution in [2.45, 2.75) is 18.6 Å². The first-order valence-corrected chi connectivity index (χ1v) is 5.44. The Labute approximate surface area is 101 Å². The molecule has 1 aliphatic heterocycles. The molecule has 17 heavy (non-hydrogen) atoms. The second-order valence-electron chi connectivity index (χ2n) is 3.61. The Kier molecular flexibility index (Phi) is 3.58. The Morgan fingerprint density at radius 2 is 1.88 bits per heavy atom. The molecule has 0 spiro atoms. The summed E-state index contributed by atoms with van der Waals surface area (Å²) in [6.07, 6.45) is -5.01. The van der Waals surface area contributed by atoms with Crippen molar-refractivity contribution in [3.8, 4) is 0 Å². The molecule has 1 aliphatic rings. The van der Waals surface area contributed by atoms with E-state index in [9.17, 15) is 13.2 Å². The van der Waals surface area contributed by atoms with Gasteiger partial charge in [-0.25, -0.2) is 0 Å². The van der Waals surface area contributed by atoms with Gasteiger partial charge in [-0.2, -0.15) is 18.7 Å². The molecule has 1 aromatic rings. The molecular weight excluding hydrogens is 257 g/mol. The van der Waals surface area contributed by atoms with Crippen LogP contribution < -0.4 is 10.8 Å². The highest BCUT2D eigenvalue weighted by Crippen LogP contribution is 2.30.